The predicted octanol–water partition coefficient (Wildman–Crippen LogP) is -2.29. The third kappa shape index (κ3) is 7.36. The summed E-state index contributed by atoms with van der Waals surface area (Å²) in [5, 5.41) is 0. The lowest BCUT2D eigenvalue weighted by Crippen LogP contribution is -2.54. The molecule has 0 fully saturated rings. The Bertz CT molecular complexity index is 180. The van der Waals surface area contributed by atoms with Gasteiger partial charge in [-0.1, -0.05) is 0 Å². The van der Waals surface area contributed by atoms with Gasteiger partial charge in [-0.05, 0) is 6.92 Å². The van der Waals surface area contributed by atoms with Crippen LogP contribution in [0.1, 0.15) is 6.92 Å². The fourth-order valence-corrected chi connectivity index (χ4v) is 3.22. The van der Waals surface area contributed by atoms with Crippen molar-refractivity contribution < 1.29 is 17.7 Å². The van der Waals surface area contributed by atoms with E-state index in [1.165, 1.54) is 0 Å². The van der Waals surface area contributed by atoms with Gasteiger partial charge in [0.25, 0.3) is 0 Å². The molecule has 8 nitrogen and oxygen atoms in total. The highest BCUT2D eigenvalue weighted by Gasteiger charge is 2.46. The second kappa shape index (κ2) is 10.8. The van der Waals surface area contributed by atoms with E-state index >= 15 is 0 Å². The molecule has 8 N–H and O–H groups in total. The summed E-state index contributed by atoms with van der Waals surface area (Å²) < 4.78 is 22.3. The maximum atomic E-state index is 5.67. The SMILES string of the molecule is CC(CN)O[Si](OCCN)(OCCN)OCCN. The molecule has 18 heavy (non-hydrogen) atoms. The normalized spacial score (nSPS) is 13.8. The summed E-state index contributed by atoms with van der Waals surface area (Å²) in [6.07, 6.45) is -0.245. The summed E-state index contributed by atoms with van der Waals surface area (Å²) in [5.74, 6) is 0. The van der Waals surface area contributed by atoms with Crippen molar-refractivity contribution in [1.29, 1.82) is 0 Å². The minimum Gasteiger partial charge on any atom is -0.350 e. The largest absolute Gasteiger partial charge is 0.680 e. The third-order valence-electron chi connectivity index (χ3n) is 1.87. The van der Waals surface area contributed by atoms with Gasteiger partial charge in [-0.15, -0.1) is 0 Å². The summed E-state index contributed by atoms with van der Waals surface area (Å²) in [4.78, 5) is 0. The third-order valence-corrected chi connectivity index (χ3v) is 4.23. The zero-order valence-corrected chi connectivity index (χ0v) is 12.0. The van der Waals surface area contributed by atoms with Crippen LogP contribution in [0, 0.1) is 0 Å². The first kappa shape index (κ1) is 17.9. The molecule has 9 heteroatoms. The van der Waals surface area contributed by atoms with Gasteiger partial charge < -0.3 is 40.6 Å². The molecule has 0 amide bonds. The standard InChI is InChI=1S/C9H26N4O4Si/c1-9(8-13)17-18(14-5-2-10,15-6-3-11)16-7-4-12/h9H,2-8,10-13H2,1H3. The van der Waals surface area contributed by atoms with E-state index in [0.29, 0.717) is 26.2 Å². The Kier molecular flexibility index (Phi) is 10.7. The van der Waals surface area contributed by atoms with Crippen molar-refractivity contribution in [3.63, 3.8) is 0 Å². The van der Waals surface area contributed by atoms with E-state index in [4.69, 9.17) is 40.6 Å². The molecule has 0 saturated heterocycles. The van der Waals surface area contributed by atoms with Crippen LogP contribution < -0.4 is 22.9 Å². The summed E-state index contributed by atoms with van der Waals surface area (Å²) >= 11 is 0. The van der Waals surface area contributed by atoms with E-state index in [9.17, 15) is 0 Å². The van der Waals surface area contributed by atoms with Gasteiger partial charge in [-0.3, -0.25) is 0 Å². The van der Waals surface area contributed by atoms with Crippen LogP contribution in [0.3, 0.4) is 0 Å². The van der Waals surface area contributed by atoms with Crippen molar-refractivity contribution in [3.8, 4) is 0 Å². The molecule has 0 aliphatic carbocycles. The van der Waals surface area contributed by atoms with E-state index < -0.39 is 9.05 Å². The van der Waals surface area contributed by atoms with Crippen molar-refractivity contribution >= 4 is 9.05 Å². The van der Waals surface area contributed by atoms with Crippen molar-refractivity contribution in [2.75, 3.05) is 46.0 Å². The van der Waals surface area contributed by atoms with Crippen LogP contribution in [-0.4, -0.2) is 61.2 Å². The molecule has 1 atom stereocenters. The highest BCUT2D eigenvalue weighted by atomic mass is 28.4. The van der Waals surface area contributed by atoms with Gasteiger partial charge in [-0.25, -0.2) is 0 Å². The fraction of sp³-hybridized carbons (Fsp3) is 1.00. The second-order valence-electron chi connectivity index (χ2n) is 3.58. The van der Waals surface area contributed by atoms with Gasteiger partial charge in [0.1, 0.15) is 0 Å². The van der Waals surface area contributed by atoms with Crippen LogP contribution >= 0.6 is 0 Å². The molecule has 1 unspecified atom stereocenters. The number of hydrogen-bond donors (Lipinski definition) is 4. The summed E-state index contributed by atoms with van der Waals surface area (Å²) in [6, 6.07) is 0. The molecule has 0 aliphatic rings. The van der Waals surface area contributed by atoms with Crippen molar-refractivity contribution in [3.05, 3.63) is 0 Å². The van der Waals surface area contributed by atoms with Crippen molar-refractivity contribution in [1.82, 2.24) is 0 Å². The molecular formula is C9H26N4O4Si. The van der Waals surface area contributed by atoms with Gasteiger partial charge in [-0.2, -0.15) is 0 Å². The Morgan fingerprint density at radius 3 is 1.50 bits per heavy atom. The predicted molar refractivity (Wildman–Crippen MR) is 70.4 cm³/mol. The zero-order chi connectivity index (χ0) is 13.9. The highest BCUT2D eigenvalue weighted by molar-refractivity contribution is 6.53. The first-order chi connectivity index (χ1) is 8.64. The highest BCUT2D eigenvalue weighted by Crippen LogP contribution is 2.14. The molecule has 0 spiro atoms. The second-order valence-corrected chi connectivity index (χ2v) is 5.68. The maximum Gasteiger partial charge on any atom is 0.680 e. The number of nitrogens with two attached hydrogens (primary N) is 4. The molecule has 0 rings (SSSR count). The van der Waals surface area contributed by atoms with E-state index in [-0.39, 0.29) is 25.9 Å². The minimum atomic E-state index is -3.26. The smallest absolute Gasteiger partial charge is 0.350 e. The molecule has 0 aromatic rings. The average molecular weight is 282 g/mol. The summed E-state index contributed by atoms with van der Waals surface area (Å²) in [5.41, 5.74) is 21.8. The van der Waals surface area contributed by atoms with Crippen molar-refractivity contribution in [2.45, 2.75) is 13.0 Å². The fourth-order valence-electron chi connectivity index (χ4n) is 1.07. The Hall–Kier alpha value is -0.103. The molecular weight excluding hydrogens is 256 g/mol. The van der Waals surface area contributed by atoms with Gasteiger partial charge in [0.15, 0.2) is 0 Å². The lowest BCUT2D eigenvalue weighted by molar-refractivity contribution is -0.0472. The van der Waals surface area contributed by atoms with Crippen LogP contribution in [0.2, 0.25) is 0 Å². The molecule has 0 radical (unpaired) electrons. The van der Waals surface area contributed by atoms with Crippen LogP contribution in [0.15, 0.2) is 0 Å². The Balaban J connectivity index is 4.61. The molecule has 0 saturated carbocycles. The van der Waals surface area contributed by atoms with Crippen LogP contribution in [0.5, 0.6) is 0 Å². The van der Waals surface area contributed by atoms with E-state index in [2.05, 4.69) is 0 Å². The van der Waals surface area contributed by atoms with Gasteiger partial charge in [0.2, 0.25) is 0 Å². The van der Waals surface area contributed by atoms with Crippen LogP contribution in [0.4, 0.5) is 0 Å². The minimum absolute atomic E-state index is 0.245. The lowest BCUT2D eigenvalue weighted by atomic mass is 10.4. The van der Waals surface area contributed by atoms with Gasteiger partial charge >= 0.3 is 9.05 Å². The molecule has 0 bridgehead atoms. The Labute approximate surface area is 109 Å². The summed E-state index contributed by atoms with van der Waals surface area (Å²) in [7, 11) is -3.26. The first-order valence-corrected chi connectivity index (χ1v) is 7.67. The van der Waals surface area contributed by atoms with E-state index in [1.807, 2.05) is 6.92 Å². The average Bonchev–Trinajstić information content (AvgIpc) is 2.40. The topological polar surface area (TPSA) is 141 Å². The number of hydrogen-bond acceptors (Lipinski definition) is 8. The zero-order valence-electron chi connectivity index (χ0n) is 11.0. The molecule has 0 heterocycles. The van der Waals surface area contributed by atoms with E-state index in [0.717, 1.165) is 0 Å². The quantitative estimate of drug-likeness (QED) is 0.293. The molecule has 0 aromatic carbocycles. The van der Waals surface area contributed by atoms with E-state index in [1.54, 1.807) is 0 Å². The maximum absolute atomic E-state index is 5.67. The molecule has 0 aromatic heterocycles. The monoisotopic (exact) mass is 282 g/mol. The number of rotatable bonds is 12. The van der Waals surface area contributed by atoms with Gasteiger partial charge in [0, 0.05) is 26.2 Å². The molecule has 0 aliphatic heterocycles. The van der Waals surface area contributed by atoms with Crippen molar-refractivity contribution in [2.24, 2.45) is 22.9 Å². The first-order valence-electron chi connectivity index (χ1n) is 6.04. The Morgan fingerprint density at radius 1 is 0.833 bits per heavy atom. The lowest BCUT2D eigenvalue weighted by Gasteiger charge is -2.30. The van der Waals surface area contributed by atoms with Gasteiger partial charge in [0.05, 0.1) is 25.9 Å². The Morgan fingerprint density at radius 2 is 1.22 bits per heavy atom. The molecule has 110 valence electrons. The van der Waals surface area contributed by atoms with Crippen LogP contribution in [-0.2, 0) is 17.7 Å². The van der Waals surface area contributed by atoms with Crippen LogP contribution in [0.25, 0.3) is 0 Å². The summed E-state index contributed by atoms with van der Waals surface area (Å²) in [6.45, 7) is 3.99.